The topological polar surface area (TPSA) is 57.7 Å². The van der Waals surface area contributed by atoms with Gasteiger partial charge in [-0.3, -0.25) is 0 Å². The van der Waals surface area contributed by atoms with Crippen LogP contribution in [0.4, 0.5) is 5.82 Å². The van der Waals surface area contributed by atoms with Crippen molar-refractivity contribution in [2.75, 3.05) is 18.0 Å². The monoisotopic (exact) mass is 267 g/mol. The van der Waals surface area contributed by atoms with Gasteiger partial charge in [0.05, 0.1) is 5.69 Å². The second-order valence-electron chi connectivity index (χ2n) is 5.28. The van der Waals surface area contributed by atoms with Gasteiger partial charge in [0, 0.05) is 13.1 Å². The van der Waals surface area contributed by atoms with Crippen molar-refractivity contribution in [3.05, 3.63) is 36.0 Å². The zero-order valence-electron chi connectivity index (χ0n) is 11.5. The summed E-state index contributed by atoms with van der Waals surface area (Å²) in [6, 6.07) is 11.9. The number of rotatable bonds is 2. The van der Waals surface area contributed by atoms with E-state index in [-0.39, 0.29) is 0 Å². The van der Waals surface area contributed by atoms with Gasteiger partial charge in [-0.2, -0.15) is 5.26 Å². The first-order chi connectivity index (χ1) is 9.78. The van der Waals surface area contributed by atoms with E-state index in [0.717, 1.165) is 37.5 Å². The SMILES string of the molecule is CC1CCN(c2nn(-c3ccccc3)nc2C#N)CC1. The van der Waals surface area contributed by atoms with Crippen LogP contribution in [0.5, 0.6) is 0 Å². The van der Waals surface area contributed by atoms with Crippen molar-refractivity contribution in [3.8, 4) is 11.8 Å². The summed E-state index contributed by atoms with van der Waals surface area (Å²) in [5.41, 5.74) is 1.28. The molecule has 5 nitrogen and oxygen atoms in total. The Morgan fingerprint density at radius 1 is 1.15 bits per heavy atom. The van der Waals surface area contributed by atoms with Crippen LogP contribution in [0.2, 0.25) is 0 Å². The third kappa shape index (κ3) is 2.37. The highest BCUT2D eigenvalue weighted by Gasteiger charge is 2.22. The second-order valence-corrected chi connectivity index (χ2v) is 5.28. The summed E-state index contributed by atoms with van der Waals surface area (Å²) >= 11 is 0. The van der Waals surface area contributed by atoms with E-state index < -0.39 is 0 Å². The molecule has 1 aromatic carbocycles. The van der Waals surface area contributed by atoms with Crippen LogP contribution < -0.4 is 4.90 Å². The highest BCUT2D eigenvalue weighted by atomic mass is 15.5. The lowest BCUT2D eigenvalue weighted by Crippen LogP contribution is -2.33. The molecule has 0 N–H and O–H groups in total. The Balaban J connectivity index is 1.92. The normalized spacial score (nSPS) is 16.1. The van der Waals surface area contributed by atoms with E-state index >= 15 is 0 Å². The molecule has 0 radical (unpaired) electrons. The molecule has 3 rings (SSSR count). The molecule has 0 aliphatic carbocycles. The van der Waals surface area contributed by atoms with Gasteiger partial charge in [0.2, 0.25) is 5.69 Å². The third-order valence-electron chi connectivity index (χ3n) is 3.77. The molecule has 0 amide bonds. The Labute approximate surface area is 118 Å². The Kier molecular flexibility index (Phi) is 3.38. The van der Waals surface area contributed by atoms with E-state index in [1.54, 1.807) is 4.80 Å². The largest absolute Gasteiger partial charge is 0.353 e. The first-order valence-electron chi connectivity index (χ1n) is 6.96. The number of piperidine rings is 1. The molecule has 0 atom stereocenters. The Morgan fingerprint density at radius 2 is 1.85 bits per heavy atom. The molecular weight excluding hydrogens is 250 g/mol. The van der Waals surface area contributed by atoms with Crippen LogP contribution in [0.1, 0.15) is 25.5 Å². The van der Waals surface area contributed by atoms with Gasteiger partial charge >= 0.3 is 0 Å². The maximum atomic E-state index is 9.27. The van der Waals surface area contributed by atoms with Crippen molar-refractivity contribution < 1.29 is 0 Å². The molecule has 1 saturated heterocycles. The lowest BCUT2D eigenvalue weighted by molar-refractivity contribution is 0.436. The molecule has 2 aromatic rings. The van der Waals surface area contributed by atoms with Gasteiger partial charge in [0.1, 0.15) is 6.07 Å². The van der Waals surface area contributed by atoms with Crippen molar-refractivity contribution in [2.24, 2.45) is 5.92 Å². The number of para-hydroxylation sites is 1. The zero-order chi connectivity index (χ0) is 13.9. The van der Waals surface area contributed by atoms with Crippen LogP contribution in [0, 0.1) is 17.2 Å². The number of benzene rings is 1. The lowest BCUT2D eigenvalue weighted by atomic mass is 9.99. The van der Waals surface area contributed by atoms with E-state index in [2.05, 4.69) is 28.1 Å². The van der Waals surface area contributed by atoms with E-state index in [0.29, 0.717) is 11.5 Å². The summed E-state index contributed by atoms with van der Waals surface area (Å²) in [4.78, 5) is 3.72. The van der Waals surface area contributed by atoms with Crippen LogP contribution in [0.25, 0.3) is 5.69 Å². The molecule has 0 saturated carbocycles. The van der Waals surface area contributed by atoms with Crippen molar-refractivity contribution in [3.63, 3.8) is 0 Å². The summed E-state index contributed by atoms with van der Waals surface area (Å²) in [5.74, 6) is 1.46. The minimum absolute atomic E-state index is 0.406. The molecule has 0 spiro atoms. The van der Waals surface area contributed by atoms with Crippen LogP contribution in [-0.2, 0) is 0 Å². The predicted octanol–water partition coefficient (Wildman–Crippen LogP) is 2.38. The van der Waals surface area contributed by atoms with Gasteiger partial charge in [-0.1, -0.05) is 25.1 Å². The molecule has 5 heteroatoms. The van der Waals surface area contributed by atoms with Gasteiger partial charge in [-0.15, -0.1) is 15.0 Å². The van der Waals surface area contributed by atoms with E-state index in [9.17, 15) is 5.26 Å². The molecule has 1 aliphatic rings. The van der Waals surface area contributed by atoms with Crippen molar-refractivity contribution in [1.82, 2.24) is 15.0 Å². The first-order valence-corrected chi connectivity index (χ1v) is 6.96. The van der Waals surface area contributed by atoms with Crippen LogP contribution in [-0.4, -0.2) is 28.1 Å². The number of hydrogen-bond donors (Lipinski definition) is 0. The van der Waals surface area contributed by atoms with Crippen molar-refractivity contribution >= 4 is 5.82 Å². The predicted molar refractivity (Wildman–Crippen MR) is 76.7 cm³/mol. The molecule has 1 fully saturated rings. The summed E-state index contributed by atoms with van der Waals surface area (Å²) in [6.45, 7) is 4.16. The fourth-order valence-corrected chi connectivity index (χ4v) is 2.48. The first kappa shape index (κ1) is 12.7. The summed E-state index contributed by atoms with van der Waals surface area (Å²) < 4.78 is 0. The Hall–Kier alpha value is -2.35. The van der Waals surface area contributed by atoms with Gasteiger partial charge in [0.25, 0.3) is 0 Å². The highest BCUT2D eigenvalue weighted by molar-refractivity contribution is 5.50. The fraction of sp³-hybridized carbons (Fsp3) is 0.400. The number of nitriles is 1. The van der Waals surface area contributed by atoms with Gasteiger partial charge in [-0.05, 0) is 30.9 Å². The minimum atomic E-state index is 0.406. The lowest BCUT2D eigenvalue weighted by Gasteiger charge is -2.30. The van der Waals surface area contributed by atoms with Crippen molar-refractivity contribution in [2.45, 2.75) is 19.8 Å². The number of aromatic nitrogens is 3. The number of anilines is 1. The molecule has 102 valence electrons. The Bertz CT molecular complexity index is 617. The average Bonchev–Trinajstić information content (AvgIpc) is 2.93. The molecular formula is C15H17N5. The number of nitrogens with zero attached hydrogens (tertiary/aromatic N) is 5. The fourth-order valence-electron chi connectivity index (χ4n) is 2.48. The van der Waals surface area contributed by atoms with Gasteiger partial charge in [0.15, 0.2) is 5.82 Å². The summed E-state index contributed by atoms with van der Waals surface area (Å²) in [5, 5.41) is 18.1. The van der Waals surface area contributed by atoms with E-state index in [4.69, 9.17) is 0 Å². The highest BCUT2D eigenvalue weighted by Crippen LogP contribution is 2.23. The van der Waals surface area contributed by atoms with Crippen LogP contribution in [0.15, 0.2) is 30.3 Å². The summed E-state index contributed by atoms with van der Waals surface area (Å²) in [7, 11) is 0. The van der Waals surface area contributed by atoms with E-state index in [1.165, 1.54) is 0 Å². The minimum Gasteiger partial charge on any atom is -0.353 e. The smallest absolute Gasteiger partial charge is 0.207 e. The van der Waals surface area contributed by atoms with Crippen molar-refractivity contribution in [1.29, 1.82) is 5.26 Å². The number of hydrogen-bond acceptors (Lipinski definition) is 4. The maximum absolute atomic E-state index is 9.27. The average molecular weight is 267 g/mol. The third-order valence-corrected chi connectivity index (χ3v) is 3.77. The van der Waals surface area contributed by atoms with Gasteiger partial charge < -0.3 is 4.90 Å². The molecule has 0 bridgehead atoms. The molecule has 0 unspecified atom stereocenters. The molecule has 20 heavy (non-hydrogen) atoms. The quantitative estimate of drug-likeness (QED) is 0.838. The maximum Gasteiger partial charge on any atom is 0.207 e. The molecule has 2 heterocycles. The second kappa shape index (κ2) is 5.33. The van der Waals surface area contributed by atoms with E-state index in [1.807, 2.05) is 30.3 Å². The molecule has 1 aliphatic heterocycles. The zero-order valence-corrected chi connectivity index (χ0v) is 11.5. The van der Waals surface area contributed by atoms with Gasteiger partial charge in [-0.25, -0.2) is 0 Å². The van der Waals surface area contributed by atoms with Crippen LogP contribution >= 0.6 is 0 Å². The van der Waals surface area contributed by atoms with Crippen LogP contribution in [0.3, 0.4) is 0 Å². The summed E-state index contributed by atoms with van der Waals surface area (Å²) in [6.07, 6.45) is 2.28. The Morgan fingerprint density at radius 3 is 2.50 bits per heavy atom. The standard InChI is InChI=1S/C15H17N5/c1-12-7-9-19(10-8-12)15-14(11-16)17-20(18-15)13-5-3-2-4-6-13/h2-6,12H,7-10H2,1H3. The molecule has 1 aromatic heterocycles.